The molecule has 0 bridgehead atoms. The number of amides is 6. The van der Waals surface area contributed by atoms with Gasteiger partial charge >= 0.3 is 12.4 Å². The van der Waals surface area contributed by atoms with Crippen molar-refractivity contribution in [2.75, 3.05) is 46.7 Å². The smallest absolute Gasteiger partial charge is 0.422 e. The standard InChI is InChI=1S/C31H31F3N6O4.C30H26F4N4O4.C30H30N4O3/c1-16(2)30(4,14-35)40-26(41)22-11-19(13-37-28(22)43-6)20-12-21-23(27(42)36-5)24(18-9-7-17(3)8-10-18)44-29(21)39-25(20)38-15-31(32,33)34;1-16(2)29(3,14-35)38-25(39)19-7-5-6-18(12-19)21-13-22-23(26(40)36-4)24(17-8-10-20(31)11-9-17)42-28(22)37-27(21)41-15-30(32,33)34;1-6-8-24-22(20-9-7-10-21(15-20)27(35)34-30(3,4)17-31)16-23-25(28(36)32-5)26(37-29(23)33-24)19-13-11-18(2)12-14-19/h7-13,16H,15H2,1-6H3,(H,36,42)(H,38,39)(H,40,41);5-13,16H,15H2,1-4H3,(H,36,40)(H,38,39);7,9-16H,6,8H2,1-5H3,(H,32,36)(H,34,35). The van der Waals surface area contributed by atoms with Crippen molar-refractivity contribution < 1.29 is 82.2 Å². The van der Waals surface area contributed by atoms with E-state index >= 15 is 0 Å². The molecule has 0 aliphatic carbocycles. The second-order valence-corrected chi connectivity index (χ2v) is 30.3. The van der Waals surface area contributed by atoms with Gasteiger partial charge in [0.05, 0.1) is 63.9 Å². The van der Waals surface area contributed by atoms with E-state index in [1.807, 2.05) is 62.4 Å². The maximum absolute atomic E-state index is 13.6. The Balaban J connectivity index is 0.000000194. The molecule has 2 unspecified atom stereocenters. The van der Waals surface area contributed by atoms with Crippen LogP contribution in [0.2, 0.25) is 0 Å². The number of pyridine rings is 4. The molecule has 7 N–H and O–H groups in total. The molecular formula is C91H87F7N14O11. The summed E-state index contributed by atoms with van der Waals surface area (Å²) in [5.41, 5.74) is 4.59. The summed E-state index contributed by atoms with van der Waals surface area (Å²) >= 11 is 0. The van der Waals surface area contributed by atoms with Crippen LogP contribution >= 0.6 is 0 Å². The van der Waals surface area contributed by atoms with E-state index in [2.05, 4.69) is 77.3 Å². The van der Waals surface area contributed by atoms with Crippen LogP contribution in [0.25, 0.3) is 101 Å². The van der Waals surface area contributed by atoms with Gasteiger partial charge in [-0.05, 0) is 144 Å². The summed E-state index contributed by atoms with van der Waals surface area (Å²) in [6, 6.07) is 45.7. The van der Waals surface area contributed by atoms with Gasteiger partial charge in [-0.1, -0.05) is 125 Å². The van der Waals surface area contributed by atoms with Gasteiger partial charge < -0.3 is 59.9 Å². The fourth-order valence-corrected chi connectivity index (χ4v) is 12.6. The molecule has 32 heteroatoms. The Morgan fingerprint density at radius 3 is 1.35 bits per heavy atom. The minimum Gasteiger partial charge on any atom is -0.480 e. The number of aryl methyl sites for hydroxylation is 3. The molecule has 5 aromatic carbocycles. The third-order valence-electron chi connectivity index (χ3n) is 20.2. The Kier molecular flexibility index (Phi) is 27.6. The highest BCUT2D eigenvalue weighted by Crippen LogP contribution is 2.44. The first-order valence-corrected chi connectivity index (χ1v) is 38.6. The van der Waals surface area contributed by atoms with Crippen LogP contribution in [0.1, 0.15) is 148 Å². The lowest BCUT2D eigenvalue weighted by molar-refractivity contribution is -0.154. The average Bonchev–Trinajstić information content (AvgIpc) is 1.63. The van der Waals surface area contributed by atoms with Crippen molar-refractivity contribution in [2.45, 2.75) is 118 Å². The number of alkyl halides is 6. The van der Waals surface area contributed by atoms with E-state index in [4.69, 9.17) is 27.7 Å². The van der Waals surface area contributed by atoms with Crippen molar-refractivity contribution in [1.29, 1.82) is 15.8 Å². The monoisotopic (exact) mass is 1680 g/mol. The predicted octanol–water partition coefficient (Wildman–Crippen LogP) is 18.0. The lowest BCUT2D eigenvalue weighted by atomic mass is 9.89. The number of halogens is 7. The maximum Gasteiger partial charge on any atom is 0.422 e. The number of methoxy groups -OCH3 is 1. The molecule has 7 heterocycles. The number of aromatic nitrogens is 4. The van der Waals surface area contributed by atoms with Crippen molar-refractivity contribution in [3.05, 3.63) is 208 Å². The largest absolute Gasteiger partial charge is 0.480 e. The van der Waals surface area contributed by atoms with Gasteiger partial charge in [-0.2, -0.15) is 52.1 Å². The van der Waals surface area contributed by atoms with Crippen LogP contribution in [0.5, 0.6) is 11.8 Å². The first-order valence-electron chi connectivity index (χ1n) is 38.6. The van der Waals surface area contributed by atoms with Gasteiger partial charge in [0, 0.05) is 77.4 Å². The Bertz CT molecular complexity index is 6160. The van der Waals surface area contributed by atoms with E-state index in [1.54, 1.807) is 92.8 Å². The highest BCUT2D eigenvalue weighted by Gasteiger charge is 2.37. The maximum atomic E-state index is 13.6. The molecule has 0 aliphatic heterocycles. The first-order chi connectivity index (χ1) is 58.1. The van der Waals surface area contributed by atoms with Gasteiger partial charge in [0.15, 0.2) is 6.61 Å². The second kappa shape index (κ2) is 37.4. The fraction of sp³-hybridized carbons (Fsp3) is 0.286. The van der Waals surface area contributed by atoms with Crippen molar-refractivity contribution in [2.24, 2.45) is 11.8 Å². The Labute approximate surface area is 702 Å². The minimum absolute atomic E-state index is 0.0193. The van der Waals surface area contributed by atoms with Gasteiger partial charge in [0.1, 0.15) is 57.6 Å². The normalized spacial score (nSPS) is 12.4. The van der Waals surface area contributed by atoms with Crippen LogP contribution in [0.15, 0.2) is 165 Å². The quantitative estimate of drug-likeness (QED) is 0.0276. The summed E-state index contributed by atoms with van der Waals surface area (Å²) in [5, 5.41) is 47.8. The molecule has 25 nitrogen and oxygen atoms in total. The van der Waals surface area contributed by atoms with Crippen LogP contribution in [0.3, 0.4) is 0 Å². The van der Waals surface area contributed by atoms with E-state index in [-0.39, 0.29) is 114 Å². The number of nitrogens with one attached hydrogen (secondary N) is 7. The molecule has 7 aromatic heterocycles. The van der Waals surface area contributed by atoms with Gasteiger partial charge in [-0.25, -0.2) is 14.4 Å². The Morgan fingerprint density at radius 2 is 0.919 bits per heavy atom. The van der Waals surface area contributed by atoms with Crippen LogP contribution < -0.4 is 46.7 Å². The number of furan rings is 3. The molecule has 123 heavy (non-hydrogen) atoms. The van der Waals surface area contributed by atoms with Crippen molar-refractivity contribution >= 4 is 74.6 Å². The molecule has 636 valence electrons. The van der Waals surface area contributed by atoms with Crippen LogP contribution in [0, 0.1) is 65.5 Å². The lowest BCUT2D eigenvalue weighted by Gasteiger charge is -2.27. The third kappa shape index (κ3) is 20.9. The van der Waals surface area contributed by atoms with Crippen molar-refractivity contribution in [3.63, 3.8) is 0 Å². The summed E-state index contributed by atoms with van der Waals surface area (Å²) in [5.74, 6) is -4.00. The number of nitrogens with zero attached hydrogens (tertiary/aromatic N) is 7. The zero-order valence-corrected chi connectivity index (χ0v) is 69.7. The van der Waals surface area contributed by atoms with Crippen molar-refractivity contribution in [1.82, 2.24) is 51.8 Å². The number of benzene rings is 5. The van der Waals surface area contributed by atoms with Crippen molar-refractivity contribution in [3.8, 4) is 97.3 Å². The Morgan fingerprint density at radius 1 is 0.488 bits per heavy atom. The topological polar surface area (TPSA) is 367 Å². The number of ether oxygens (including phenoxy) is 2. The van der Waals surface area contributed by atoms with Crippen LogP contribution in [0.4, 0.5) is 36.6 Å². The molecule has 12 aromatic rings. The van der Waals surface area contributed by atoms with E-state index < -0.39 is 77.4 Å². The SMILES string of the molecule is CCCc1nc2oc(-c3ccc(C)cc3)c(C(=O)NC)c2cc1-c1cccc(C(=O)NC(C)(C)C#N)c1.CNC(=O)c1c(-c2ccc(C)cc2)oc2nc(NCC(F)(F)F)c(-c3cnc(OC)c(C(=O)NC(C)(C#N)C(C)C)c3)cc12.CNC(=O)c1c(-c2ccc(F)cc2)oc2nc(OCC(F)(F)F)c(-c3cccc(C(=O)NC(C)(C#N)C(C)C)c3)cc12. The van der Waals surface area contributed by atoms with E-state index in [0.29, 0.717) is 45.5 Å². The molecule has 0 saturated carbocycles. The molecule has 12 rings (SSSR count). The molecule has 2 atom stereocenters. The van der Waals surface area contributed by atoms with E-state index in [0.717, 1.165) is 39.9 Å². The molecule has 0 spiro atoms. The summed E-state index contributed by atoms with van der Waals surface area (Å²) in [7, 11) is 5.73. The van der Waals surface area contributed by atoms with Gasteiger partial charge in [0.2, 0.25) is 28.9 Å². The number of anilines is 1. The van der Waals surface area contributed by atoms with Crippen LogP contribution in [-0.4, -0.2) is 126 Å². The third-order valence-corrected chi connectivity index (χ3v) is 20.2. The summed E-state index contributed by atoms with van der Waals surface area (Å²) in [6.07, 6.45) is -6.41. The number of hydrogen-bond donors (Lipinski definition) is 7. The predicted molar refractivity (Wildman–Crippen MR) is 448 cm³/mol. The zero-order valence-electron chi connectivity index (χ0n) is 69.7. The zero-order chi connectivity index (χ0) is 90.0. The number of rotatable bonds is 24. The molecule has 6 amide bonds. The van der Waals surface area contributed by atoms with Gasteiger partial charge in [0.25, 0.3) is 35.4 Å². The fourth-order valence-electron chi connectivity index (χ4n) is 12.6. The second-order valence-electron chi connectivity index (χ2n) is 30.3. The summed E-state index contributed by atoms with van der Waals surface area (Å²) in [6.45, 7) is 16.4. The molecule has 0 saturated heterocycles. The van der Waals surface area contributed by atoms with Gasteiger partial charge in [-0.15, -0.1) is 0 Å². The molecule has 0 aliphatic rings. The number of hydrogen-bond acceptors (Lipinski definition) is 19. The summed E-state index contributed by atoms with van der Waals surface area (Å²) < 4.78 is 121. The first kappa shape index (κ1) is 90.8. The van der Waals surface area contributed by atoms with Gasteiger partial charge in [-0.3, -0.25) is 28.8 Å². The number of carbonyl (C=O) groups is 6. The number of nitriles is 3. The van der Waals surface area contributed by atoms with E-state index in [1.165, 1.54) is 94.1 Å². The highest BCUT2D eigenvalue weighted by molar-refractivity contribution is 6.14. The molecule has 0 radical (unpaired) electrons. The molecule has 0 fully saturated rings. The summed E-state index contributed by atoms with van der Waals surface area (Å²) in [4.78, 5) is 96.0. The minimum atomic E-state index is -4.69. The molecular weight excluding hydrogens is 1600 g/mol. The lowest BCUT2D eigenvalue weighted by Crippen LogP contribution is -2.48. The number of carbonyl (C=O) groups excluding carboxylic acids is 6. The number of fused-ring (bicyclic) bond motifs is 3. The van der Waals surface area contributed by atoms with E-state index in [9.17, 15) is 75.3 Å². The average molecular weight is 1690 g/mol. The Hall–Kier alpha value is -14.5. The van der Waals surface area contributed by atoms with Crippen LogP contribution in [-0.2, 0) is 6.42 Å². The highest BCUT2D eigenvalue weighted by atomic mass is 19.4.